The van der Waals surface area contributed by atoms with Gasteiger partial charge in [-0.25, -0.2) is 9.97 Å². The summed E-state index contributed by atoms with van der Waals surface area (Å²) in [5, 5.41) is 6.55. The minimum Gasteiger partial charge on any atom is -0.456 e. The van der Waals surface area contributed by atoms with Crippen LogP contribution in [0.5, 0.6) is 0 Å². The third-order valence-corrected chi connectivity index (χ3v) is 11.0. The molecule has 53 heavy (non-hydrogen) atoms. The monoisotopic (exact) mass is 700 g/mol. The van der Waals surface area contributed by atoms with Gasteiger partial charge in [-0.05, 0) is 78.9 Å². The molecular weight excluding hydrogens is 673 g/mol. The van der Waals surface area contributed by atoms with Gasteiger partial charge < -0.3 is 8.83 Å². The van der Waals surface area contributed by atoms with Crippen molar-refractivity contribution in [1.82, 2.24) is 9.97 Å². The van der Waals surface area contributed by atoms with Crippen molar-refractivity contribution in [2.75, 3.05) is 9.80 Å². The lowest BCUT2D eigenvalue weighted by Crippen LogP contribution is -2.11. The number of thiophene rings is 1. The number of nitrogens with zero attached hydrogens (tertiary/aromatic N) is 4. The highest BCUT2D eigenvalue weighted by Gasteiger charge is 2.20. The molecule has 250 valence electrons. The van der Waals surface area contributed by atoms with Crippen LogP contribution in [0.1, 0.15) is 0 Å². The molecule has 5 heterocycles. The molecule has 0 N–H and O–H groups in total. The van der Waals surface area contributed by atoms with E-state index in [4.69, 9.17) is 18.8 Å². The maximum absolute atomic E-state index is 6.29. The number of furan rings is 2. The quantitative estimate of drug-likeness (QED) is 0.172. The fourth-order valence-electron chi connectivity index (χ4n) is 7.47. The molecule has 0 saturated carbocycles. The highest BCUT2D eigenvalue weighted by Crippen LogP contribution is 2.43. The molecule has 0 spiro atoms. The number of fused-ring (bicyclic) bond motifs is 9. The highest BCUT2D eigenvalue weighted by molar-refractivity contribution is 7.25. The number of hydrogen-bond donors (Lipinski definition) is 0. The SMILES string of the molecule is c1ccc(N(c2ccc3c(c2)oc2ccccc23)c2cc3sc4nc(N(c5ccccc5)c5ccc6c(c5)oc5ccccc56)ccc4c3cn2)cc1. The van der Waals surface area contributed by atoms with Crippen molar-refractivity contribution in [3.05, 3.63) is 170 Å². The zero-order chi connectivity index (χ0) is 34.9. The highest BCUT2D eigenvalue weighted by atomic mass is 32.1. The summed E-state index contributed by atoms with van der Waals surface area (Å²) in [6, 6.07) is 56.2. The summed E-state index contributed by atoms with van der Waals surface area (Å²) in [4.78, 5) is 15.7. The lowest BCUT2D eigenvalue weighted by Gasteiger charge is -2.24. The van der Waals surface area contributed by atoms with Crippen molar-refractivity contribution >= 4 is 110 Å². The number of hydrogen-bond acceptors (Lipinski definition) is 7. The van der Waals surface area contributed by atoms with Gasteiger partial charge in [0.25, 0.3) is 0 Å². The van der Waals surface area contributed by atoms with Gasteiger partial charge in [-0.15, -0.1) is 11.3 Å². The zero-order valence-corrected chi connectivity index (χ0v) is 29.0. The van der Waals surface area contributed by atoms with Gasteiger partial charge in [0.05, 0.1) is 11.4 Å². The first-order valence-corrected chi connectivity index (χ1v) is 18.3. The molecule has 0 fully saturated rings. The molecule has 0 aliphatic carbocycles. The van der Waals surface area contributed by atoms with E-state index < -0.39 is 0 Å². The van der Waals surface area contributed by atoms with Crippen LogP contribution >= 0.6 is 11.3 Å². The largest absolute Gasteiger partial charge is 0.456 e. The fraction of sp³-hybridized carbons (Fsp3) is 0. The van der Waals surface area contributed by atoms with Crippen molar-refractivity contribution in [3.8, 4) is 0 Å². The Morgan fingerprint density at radius 3 is 1.51 bits per heavy atom. The van der Waals surface area contributed by atoms with E-state index in [1.54, 1.807) is 11.3 Å². The number of anilines is 6. The molecule has 0 bridgehead atoms. The van der Waals surface area contributed by atoms with Crippen molar-refractivity contribution in [2.24, 2.45) is 0 Å². The van der Waals surface area contributed by atoms with Crippen molar-refractivity contribution in [2.45, 2.75) is 0 Å². The van der Waals surface area contributed by atoms with Crippen molar-refractivity contribution < 1.29 is 8.83 Å². The lowest BCUT2D eigenvalue weighted by atomic mass is 10.1. The summed E-state index contributed by atoms with van der Waals surface area (Å²) < 4.78 is 13.7. The maximum Gasteiger partial charge on any atom is 0.139 e. The third-order valence-electron chi connectivity index (χ3n) is 9.92. The molecule has 0 atom stereocenters. The van der Waals surface area contributed by atoms with Crippen molar-refractivity contribution in [3.63, 3.8) is 0 Å². The predicted octanol–water partition coefficient (Wildman–Crippen LogP) is 13.6. The normalized spacial score (nSPS) is 11.8. The predicted molar refractivity (Wildman–Crippen MR) is 219 cm³/mol. The Kier molecular flexibility index (Phi) is 6.62. The molecular formula is C46H28N4O2S. The van der Waals surface area contributed by atoms with Gasteiger partial charge in [-0.1, -0.05) is 72.8 Å². The molecule has 0 aliphatic rings. The summed E-state index contributed by atoms with van der Waals surface area (Å²) >= 11 is 1.68. The molecule has 0 saturated heterocycles. The molecule has 6 aromatic carbocycles. The number of benzene rings is 6. The molecule has 0 radical (unpaired) electrons. The van der Waals surface area contributed by atoms with E-state index in [0.29, 0.717) is 0 Å². The molecule has 11 rings (SSSR count). The minimum absolute atomic E-state index is 0.816. The van der Waals surface area contributed by atoms with Gasteiger partial charge in [0.15, 0.2) is 0 Å². The van der Waals surface area contributed by atoms with Crippen LogP contribution in [-0.2, 0) is 0 Å². The van der Waals surface area contributed by atoms with Crippen LogP contribution < -0.4 is 9.80 Å². The van der Waals surface area contributed by atoms with Crippen LogP contribution in [0.2, 0.25) is 0 Å². The zero-order valence-electron chi connectivity index (χ0n) is 28.2. The van der Waals surface area contributed by atoms with Crippen LogP contribution in [-0.4, -0.2) is 9.97 Å². The van der Waals surface area contributed by atoms with E-state index in [1.165, 1.54) is 0 Å². The molecule has 0 amide bonds. The summed E-state index contributed by atoms with van der Waals surface area (Å²) in [7, 11) is 0. The second-order valence-electron chi connectivity index (χ2n) is 13.1. The Morgan fingerprint density at radius 1 is 0.396 bits per heavy atom. The molecule has 11 aromatic rings. The van der Waals surface area contributed by atoms with E-state index in [2.05, 4.69) is 125 Å². The van der Waals surface area contributed by atoms with Gasteiger partial charge in [-0.3, -0.25) is 9.80 Å². The maximum atomic E-state index is 6.29. The van der Waals surface area contributed by atoms with Crippen LogP contribution in [0.15, 0.2) is 179 Å². The second kappa shape index (κ2) is 11.8. The van der Waals surface area contributed by atoms with Gasteiger partial charge in [0, 0.05) is 66.7 Å². The van der Waals surface area contributed by atoms with E-state index in [1.807, 2.05) is 54.7 Å². The number of aromatic nitrogens is 2. The van der Waals surface area contributed by atoms with Crippen molar-refractivity contribution in [1.29, 1.82) is 0 Å². The van der Waals surface area contributed by atoms with Crippen LogP contribution in [0.25, 0.3) is 64.2 Å². The lowest BCUT2D eigenvalue weighted by molar-refractivity contribution is 0.668. The Bertz CT molecular complexity index is 2940. The summed E-state index contributed by atoms with van der Waals surface area (Å²) in [6.07, 6.45) is 1.98. The standard InChI is InChI=1S/C46H28N4O2S/c1-3-11-29(12-4-1)49(31-19-21-35-33-15-7-9-17-39(33)51-41(35)25-31)44-24-23-37-38-28-47-45(27-43(38)53-46(37)48-44)50(30-13-5-2-6-14-30)32-20-22-36-34-16-8-10-18-40(34)52-42(36)26-32/h1-28H. The van der Waals surface area contributed by atoms with Crippen LogP contribution in [0.4, 0.5) is 34.4 Å². The number of rotatable bonds is 6. The molecule has 6 nitrogen and oxygen atoms in total. The minimum atomic E-state index is 0.816. The smallest absolute Gasteiger partial charge is 0.139 e. The van der Waals surface area contributed by atoms with Crippen LogP contribution in [0.3, 0.4) is 0 Å². The average molecular weight is 701 g/mol. The molecule has 5 aromatic heterocycles. The first kappa shape index (κ1) is 29.7. The summed E-state index contributed by atoms with van der Waals surface area (Å²) in [6.45, 7) is 0. The Morgan fingerprint density at radius 2 is 0.906 bits per heavy atom. The fourth-order valence-corrected chi connectivity index (χ4v) is 8.54. The van der Waals surface area contributed by atoms with E-state index >= 15 is 0 Å². The summed E-state index contributed by atoms with van der Waals surface area (Å²) in [5.74, 6) is 1.64. The van der Waals surface area contributed by atoms with E-state index in [-0.39, 0.29) is 0 Å². The molecule has 7 heteroatoms. The number of pyridine rings is 2. The van der Waals surface area contributed by atoms with Crippen LogP contribution in [0, 0.1) is 0 Å². The average Bonchev–Trinajstić information content (AvgIpc) is 3.89. The van der Waals surface area contributed by atoms with Gasteiger partial charge in [-0.2, -0.15) is 0 Å². The Balaban J connectivity index is 1.03. The first-order valence-electron chi connectivity index (χ1n) is 17.5. The molecule has 0 unspecified atom stereocenters. The van der Waals surface area contributed by atoms with E-state index in [9.17, 15) is 0 Å². The Labute approximate surface area is 307 Å². The molecule has 0 aliphatic heterocycles. The van der Waals surface area contributed by atoms with E-state index in [0.717, 1.165) is 98.6 Å². The summed E-state index contributed by atoms with van der Waals surface area (Å²) in [5.41, 5.74) is 7.40. The topological polar surface area (TPSA) is 58.5 Å². The second-order valence-corrected chi connectivity index (χ2v) is 14.1. The van der Waals surface area contributed by atoms with Gasteiger partial charge in [0.1, 0.15) is 38.8 Å². The number of para-hydroxylation sites is 4. The van der Waals surface area contributed by atoms with Gasteiger partial charge >= 0.3 is 0 Å². The Hall–Kier alpha value is -6.96. The first-order chi connectivity index (χ1) is 26.2. The van der Waals surface area contributed by atoms with Gasteiger partial charge in [0.2, 0.25) is 0 Å². The third kappa shape index (κ3) is 4.86.